The second kappa shape index (κ2) is 5.23. The fourth-order valence-corrected chi connectivity index (χ4v) is 4.37. The van der Waals surface area contributed by atoms with E-state index < -0.39 is 12.2 Å². The Morgan fingerprint density at radius 3 is 2.73 bits per heavy atom. The molecule has 1 aliphatic heterocycles. The van der Waals surface area contributed by atoms with Gasteiger partial charge in [-0.25, -0.2) is 0 Å². The molecule has 5 nitrogen and oxygen atoms in total. The lowest BCUT2D eigenvalue weighted by molar-refractivity contribution is -0.146. The van der Waals surface area contributed by atoms with Crippen LogP contribution in [0.15, 0.2) is 24.3 Å². The van der Waals surface area contributed by atoms with E-state index in [4.69, 9.17) is 9.47 Å². The van der Waals surface area contributed by atoms with Crippen molar-refractivity contribution in [3.63, 3.8) is 0 Å². The van der Waals surface area contributed by atoms with Crippen molar-refractivity contribution in [3.8, 4) is 0 Å². The van der Waals surface area contributed by atoms with Gasteiger partial charge in [0.25, 0.3) is 0 Å². The van der Waals surface area contributed by atoms with Gasteiger partial charge in [-0.05, 0) is 24.3 Å². The second-order valence-electron chi connectivity index (χ2n) is 6.74. The van der Waals surface area contributed by atoms with Gasteiger partial charge in [0.15, 0.2) is 0 Å². The molecule has 0 aromatic heterocycles. The Hall–Kier alpha value is -1.62. The molecule has 1 saturated heterocycles. The van der Waals surface area contributed by atoms with Crippen molar-refractivity contribution in [1.29, 1.82) is 0 Å². The molecule has 0 spiro atoms. The first kappa shape index (κ1) is 15.3. The van der Waals surface area contributed by atoms with E-state index in [0.29, 0.717) is 12.8 Å². The van der Waals surface area contributed by atoms with E-state index in [9.17, 15) is 14.7 Å². The highest BCUT2D eigenvalue weighted by atomic mass is 16.6. The molecule has 0 bridgehead atoms. The monoisotopic (exact) mass is 306 g/mol. The predicted molar refractivity (Wildman–Crippen MR) is 78.6 cm³/mol. The maximum Gasteiger partial charge on any atom is 0.309 e. The Morgan fingerprint density at radius 1 is 1.41 bits per heavy atom. The molecule has 1 N–H and O–H groups in total. The van der Waals surface area contributed by atoms with Crippen molar-refractivity contribution < 1.29 is 24.2 Å². The van der Waals surface area contributed by atoms with Gasteiger partial charge in [0.05, 0.1) is 12.0 Å². The summed E-state index contributed by atoms with van der Waals surface area (Å²) in [5.41, 5.74) is 1.69. The minimum Gasteiger partial charge on any atom is -0.461 e. The molecular weight excluding hydrogens is 284 g/mol. The molecule has 3 aliphatic rings. The summed E-state index contributed by atoms with van der Waals surface area (Å²) in [5, 5.41) is 10.5. The highest BCUT2D eigenvalue weighted by molar-refractivity contribution is 5.75. The van der Waals surface area contributed by atoms with Gasteiger partial charge in [-0.15, -0.1) is 0 Å². The van der Waals surface area contributed by atoms with Crippen molar-refractivity contribution >= 4 is 11.9 Å². The molecule has 0 aromatic rings. The molecule has 7 atom stereocenters. The summed E-state index contributed by atoms with van der Waals surface area (Å²) < 4.78 is 10.9. The molecule has 120 valence electrons. The van der Waals surface area contributed by atoms with Crippen LogP contribution in [0.5, 0.6) is 0 Å². The summed E-state index contributed by atoms with van der Waals surface area (Å²) in [7, 11) is 0. The molecule has 0 unspecified atom stereocenters. The standard InChI is InChI=1S/C17H22O5/c1-7-5-12(19)15-9(3)17(20)22-16(15)14-8(2)13(6-11(7)14)21-10(4)18/h9,11-16,19H,1-2,5-6H2,3-4H3/t9-,11+,12+,13+,14+,15-,16-/m1/s1. The number of hydrogen-bond acceptors (Lipinski definition) is 5. The van der Waals surface area contributed by atoms with Crippen LogP contribution in [0.1, 0.15) is 26.7 Å². The first-order valence-electron chi connectivity index (χ1n) is 7.73. The molecule has 0 aromatic carbocycles. The molecule has 1 heterocycles. The van der Waals surface area contributed by atoms with E-state index in [1.165, 1.54) is 6.92 Å². The fourth-order valence-electron chi connectivity index (χ4n) is 4.37. The van der Waals surface area contributed by atoms with Gasteiger partial charge in [-0.2, -0.15) is 0 Å². The Labute approximate surface area is 130 Å². The average Bonchev–Trinajstić information content (AvgIpc) is 2.85. The normalized spacial score (nSPS) is 44.1. The van der Waals surface area contributed by atoms with Crippen molar-refractivity contribution in [2.45, 2.75) is 45.0 Å². The predicted octanol–water partition coefficient (Wildman–Crippen LogP) is 1.61. The van der Waals surface area contributed by atoms with Crippen LogP contribution in [0.2, 0.25) is 0 Å². The van der Waals surface area contributed by atoms with Gasteiger partial charge in [0.2, 0.25) is 0 Å². The van der Waals surface area contributed by atoms with Crippen LogP contribution >= 0.6 is 0 Å². The smallest absolute Gasteiger partial charge is 0.309 e. The van der Waals surface area contributed by atoms with Crippen LogP contribution in [0.4, 0.5) is 0 Å². The lowest BCUT2D eigenvalue weighted by atomic mass is 9.79. The lowest BCUT2D eigenvalue weighted by Crippen LogP contribution is -2.35. The fraction of sp³-hybridized carbons (Fsp3) is 0.647. The number of esters is 2. The van der Waals surface area contributed by atoms with Gasteiger partial charge in [0.1, 0.15) is 12.2 Å². The van der Waals surface area contributed by atoms with Crippen molar-refractivity contribution in [2.24, 2.45) is 23.7 Å². The molecule has 0 radical (unpaired) electrons. The average molecular weight is 306 g/mol. The number of carbonyl (C=O) groups excluding carboxylic acids is 2. The Bertz CT molecular complexity index is 551. The highest BCUT2D eigenvalue weighted by Gasteiger charge is 2.57. The summed E-state index contributed by atoms with van der Waals surface area (Å²) in [5.74, 6) is -1.32. The summed E-state index contributed by atoms with van der Waals surface area (Å²) in [6.07, 6.45) is -0.359. The maximum absolute atomic E-state index is 12.0. The molecule has 5 heteroatoms. The van der Waals surface area contributed by atoms with Crippen LogP contribution in [0.25, 0.3) is 0 Å². The summed E-state index contributed by atoms with van der Waals surface area (Å²) in [6, 6.07) is 0. The molecule has 0 amide bonds. The Kier molecular flexibility index (Phi) is 3.63. The largest absolute Gasteiger partial charge is 0.461 e. The van der Waals surface area contributed by atoms with E-state index in [0.717, 1.165) is 11.1 Å². The lowest BCUT2D eigenvalue weighted by Gasteiger charge is -2.27. The molecule has 22 heavy (non-hydrogen) atoms. The topological polar surface area (TPSA) is 72.8 Å². The van der Waals surface area contributed by atoms with Crippen LogP contribution in [-0.2, 0) is 19.1 Å². The highest BCUT2D eigenvalue weighted by Crippen LogP contribution is 2.52. The maximum atomic E-state index is 12.0. The van der Waals surface area contributed by atoms with E-state index in [2.05, 4.69) is 13.2 Å². The molecule has 2 aliphatic carbocycles. The zero-order valence-electron chi connectivity index (χ0n) is 13.0. The number of aliphatic hydroxyl groups excluding tert-OH is 1. The number of hydrogen-bond donors (Lipinski definition) is 1. The van der Waals surface area contributed by atoms with E-state index in [-0.39, 0.29) is 41.7 Å². The third-order valence-corrected chi connectivity index (χ3v) is 5.43. The number of ether oxygens (including phenoxy) is 2. The van der Waals surface area contributed by atoms with Gasteiger partial charge in [0, 0.05) is 18.8 Å². The van der Waals surface area contributed by atoms with Gasteiger partial charge in [-0.1, -0.05) is 25.7 Å². The third kappa shape index (κ3) is 2.19. The van der Waals surface area contributed by atoms with Crippen LogP contribution < -0.4 is 0 Å². The molecule has 3 rings (SSSR count). The minimum atomic E-state index is -0.635. The van der Waals surface area contributed by atoms with Crippen LogP contribution in [-0.4, -0.2) is 35.4 Å². The first-order valence-corrected chi connectivity index (χ1v) is 7.73. The first-order chi connectivity index (χ1) is 10.3. The summed E-state index contributed by atoms with van der Waals surface area (Å²) in [4.78, 5) is 23.2. The molecule has 3 fully saturated rings. The summed E-state index contributed by atoms with van der Waals surface area (Å²) >= 11 is 0. The zero-order valence-corrected chi connectivity index (χ0v) is 13.0. The number of carbonyl (C=O) groups is 2. The van der Waals surface area contributed by atoms with E-state index >= 15 is 0 Å². The van der Waals surface area contributed by atoms with E-state index in [1.54, 1.807) is 6.92 Å². The van der Waals surface area contributed by atoms with E-state index in [1.807, 2.05) is 0 Å². The SMILES string of the molecule is C=C1[C@@H]2[C@H]3OC(=O)[C@H](C)[C@@H]3[C@@H](O)CC(=C)[C@@H]2C[C@@H]1OC(C)=O. The Morgan fingerprint density at radius 2 is 2.09 bits per heavy atom. The number of rotatable bonds is 1. The summed E-state index contributed by atoms with van der Waals surface area (Å²) in [6.45, 7) is 11.4. The van der Waals surface area contributed by atoms with Gasteiger partial charge in [-0.3, -0.25) is 9.59 Å². The van der Waals surface area contributed by atoms with Crippen molar-refractivity contribution in [3.05, 3.63) is 24.3 Å². The van der Waals surface area contributed by atoms with Crippen LogP contribution in [0, 0.1) is 23.7 Å². The zero-order chi connectivity index (χ0) is 16.2. The molecular formula is C17H22O5. The number of fused-ring (bicyclic) bond motifs is 3. The Balaban J connectivity index is 1.95. The van der Waals surface area contributed by atoms with Gasteiger partial charge >= 0.3 is 11.9 Å². The second-order valence-corrected chi connectivity index (χ2v) is 6.74. The third-order valence-electron chi connectivity index (χ3n) is 5.43. The van der Waals surface area contributed by atoms with Gasteiger partial charge < -0.3 is 14.6 Å². The molecule has 2 saturated carbocycles. The quantitative estimate of drug-likeness (QED) is 0.588. The van der Waals surface area contributed by atoms with Crippen LogP contribution in [0.3, 0.4) is 0 Å². The van der Waals surface area contributed by atoms with Crippen molar-refractivity contribution in [1.82, 2.24) is 0 Å². The van der Waals surface area contributed by atoms with Crippen molar-refractivity contribution in [2.75, 3.05) is 0 Å². The minimum absolute atomic E-state index is 0.0274. The number of aliphatic hydroxyl groups is 1.